The third-order valence-corrected chi connectivity index (χ3v) is 4.60. The highest BCUT2D eigenvalue weighted by Crippen LogP contribution is 2.28. The molecule has 6 nitrogen and oxygen atoms in total. The van der Waals surface area contributed by atoms with E-state index < -0.39 is 5.82 Å². The molecule has 0 aliphatic carbocycles. The summed E-state index contributed by atoms with van der Waals surface area (Å²) in [7, 11) is 0. The van der Waals surface area contributed by atoms with E-state index in [9.17, 15) is 13.6 Å². The third-order valence-electron chi connectivity index (χ3n) is 4.60. The lowest BCUT2D eigenvalue weighted by molar-refractivity contribution is 0.0690. The van der Waals surface area contributed by atoms with E-state index in [0.717, 1.165) is 19.0 Å². The van der Waals surface area contributed by atoms with Gasteiger partial charge < -0.3 is 9.42 Å². The molecule has 0 N–H and O–H groups in total. The number of benzene rings is 1. The lowest BCUT2D eigenvalue weighted by Crippen LogP contribution is -2.39. The van der Waals surface area contributed by atoms with Crippen molar-refractivity contribution in [1.29, 1.82) is 0 Å². The SMILES string of the molecule is O=C(c1ccncc1F)N1CCC[C@H](c2nc(-c3ccc(F)cc3)no2)C1. The fourth-order valence-electron chi connectivity index (χ4n) is 3.20. The Balaban J connectivity index is 1.51. The van der Waals surface area contributed by atoms with E-state index in [-0.39, 0.29) is 23.2 Å². The minimum atomic E-state index is -0.638. The fourth-order valence-corrected chi connectivity index (χ4v) is 3.20. The van der Waals surface area contributed by atoms with Crippen molar-refractivity contribution in [2.45, 2.75) is 18.8 Å². The van der Waals surface area contributed by atoms with E-state index in [2.05, 4.69) is 15.1 Å². The number of halogens is 2. The Hall–Kier alpha value is -3.16. The molecule has 27 heavy (non-hydrogen) atoms. The standard InChI is InChI=1S/C19H16F2N4O2/c20-14-5-3-12(4-6-14)17-23-18(27-24-17)13-2-1-9-25(11-13)19(26)15-7-8-22-10-16(15)21/h3-8,10,13H,1-2,9,11H2/t13-/m0/s1. The first kappa shape index (κ1) is 17.3. The van der Waals surface area contributed by atoms with Crippen molar-refractivity contribution in [1.82, 2.24) is 20.0 Å². The Labute approximate surface area is 153 Å². The topological polar surface area (TPSA) is 72.1 Å². The maximum absolute atomic E-state index is 13.9. The number of nitrogens with zero attached hydrogens (tertiary/aromatic N) is 4. The number of amides is 1. The minimum absolute atomic E-state index is 0.00294. The first-order valence-electron chi connectivity index (χ1n) is 8.60. The van der Waals surface area contributed by atoms with Crippen molar-refractivity contribution < 1.29 is 18.1 Å². The van der Waals surface area contributed by atoms with Gasteiger partial charge in [0.15, 0.2) is 5.82 Å². The van der Waals surface area contributed by atoms with Crippen LogP contribution in [0.4, 0.5) is 8.78 Å². The zero-order valence-corrected chi connectivity index (χ0v) is 14.3. The van der Waals surface area contributed by atoms with Gasteiger partial charge in [0.05, 0.1) is 17.7 Å². The van der Waals surface area contributed by atoms with Gasteiger partial charge in [-0.3, -0.25) is 9.78 Å². The Morgan fingerprint density at radius 2 is 2.00 bits per heavy atom. The van der Waals surface area contributed by atoms with Crippen LogP contribution in [0, 0.1) is 11.6 Å². The summed E-state index contributed by atoms with van der Waals surface area (Å²) in [5.41, 5.74) is 0.650. The van der Waals surface area contributed by atoms with Crippen LogP contribution < -0.4 is 0 Å². The molecule has 8 heteroatoms. The summed E-state index contributed by atoms with van der Waals surface area (Å²) in [6.45, 7) is 0.904. The number of piperidine rings is 1. The quantitative estimate of drug-likeness (QED) is 0.706. The summed E-state index contributed by atoms with van der Waals surface area (Å²) >= 11 is 0. The number of rotatable bonds is 3. The van der Waals surface area contributed by atoms with Gasteiger partial charge in [-0.05, 0) is 43.2 Å². The van der Waals surface area contributed by atoms with E-state index in [1.807, 2.05) is 0 Å². The van der Waals surface area contributed by atoms with Gasteiger partial charge >= 0.3 is 0 Å². The van der Waals surface area contributed by atoms with E-state index in [1.165, 1.54) is 24.4 Å². The average molecular weight is 370 g/mol. The van der Waals surface area contributed by atoms with Crippen LogP contribution in [0.2, 0.25) is 0 Å². The largest absolute Gasteiger partial charge is 0.339 e. The number of carbonyl (C=O) groups excluding carboxylic acids is 1. The molecule has 0 bridgehead atoms. The smallest absolute Gasteiger partial charge is 0.256 e. The molecule has 0 unspecified atom stereocenters. The summed E-state index contributed by atoms with van der Waals surface area (Å²) in [6.07, 6.45) is 3.96. The molecule has 2 aromatic heterocycles. The second-order valence-corrected chi connectivity index (χ2v) is 6.41. The predicted molar refractivity (Wildman–Crippen MR) is 91.8 cm³/mol. The number of aromatic nitrogens is 3. The molecule has 1 aliphatic heterocycles. The third kappa shape index (κ3) is 3.55. The molecule has 4 rings (SSSR count). The Bertz CT molecular complexity index is 958. The van der Waals surface area contributed by atoms with Crippen LogP contribution in [-0.4, -0.2) is 39.0 Å². The number of carbonyl (C=O) groups is 1. The first-order chi connectivity index (χ1) is 13.1. The van der Waals surface area contributed by atoms with Crippen LogP contribution in [0.15, 0.2) is 47.2 Å². The van der Waals surface area contributed by atoms with Crippen molar-refractivity contribution >= 4 is 5.91 Å². The van der Waals surface area contributed by atoms with Gasteiger partial charge in [0, 0.05) is 24.8 Å². The maximum Gasteiger partial charge on any atom is 0.256 e. The molecule has 1 saturated heterocycles. The summed E-state index contributed by atoms with van der Waals surface area (Å²) in [4.78, 5) is 22.3. The summed E-state index contributed by atoms with van der Waals surface area (Å²) in [5, 5.41) is 3.95. The van der Waals surface area contributed by atoms with Crippen molar-refractivity contribution in [3.63, 3.8) is 0 Å². The highest BCUT2D eigenvalue weighted by Gasteiger charge is 2.30. The number of hydrogen-bond acceptors (Lipinski definition) is 5. The van der Waals surface area contributed by atoms with Crippen LogP contribution in [0.5, 0.6) is 0 Å². The second kappa shape index (κ2) is 7.22. The average Bonchev–Trinajstić information content (AvgIpc) is 3.19. The molecule has 0 saturated carbocycles. The monoisotopic (exact) mass is 370 g/mol. The molecule has 1 fully saturated rings. The molecule has 1 aromatic carbocycles. The zero-order valence-electron chi connectivity index (χ0n) is 14.3. The molecule has 0 radical (unpaired) electrons. The van der Waals surface area contributed by atoms with Gasteiger partial charge in [0.2, 0.25) is 11.7 Å². The maximum atomic E-state index is 13.9. The molecule has 138 valence electrons. The van der Waals surface area contributed by atoms with Gasteiger partial charge in [-0.2, -0.15) is 4.98 Å². The molecule has 1 amide bonds. The number of likely N-dealkylation sites (tertiary alicyclic amines) is 1. The Morgan fingerprint density at radius 1 is 1.19 bits per heavy atom. The van der Waals surface area contributed by atoms with Crippen molar-refractivity contribution in [2.24, 2.45) is 0 Å². The van der Waals surface area contributed by atoms with Crippen LogP contribution in [0.1, 0.15) is 35.0 Å². The number of pyridine rings is 1. The molecule has 1 atom stereocenters. The van der Waals surface area contributed by atoms with Gasteiger partial charge in [0.1, 0.15) is 5.82 Å². The molecule has 3 aromatic rings. The lowest BCUT2D eigenvalue weighted by Gasteiger charge is -2.31. The summed E-state index contributed by atoms with van der Waals surface area (Å²) in [6, 6.07) is 7.19. The van der Waals surface area contributed by atoms with E-state index in [4.69, 9.17) is 4.52 Å². The van der Waals surface area contributed by atoms with Gasteiger partial charge in [-0.1, -0.05) is 5.16 Å². The molecule has 1 aliphatic rings. The molecule has 3 heterocycles. The second-order valence-electron chi connectivity index (χ2n) is 6.41. The van der Waals surface area contributed by atoms with Crippen LogP contribution in [0.3, 0.4) is 0 Å². The lowest BCUT2D eigenvalue weighted by atomic mass is 9.97. The van der Waals surface area contributed by atoms with Crippen LogP contribution in [0.25, 0.3) is 11.4 Å². The highest BCUT2D eigenvalue weighted by molar-refractivity contribution is 5.94. The fraction of sp³-hybridized carbons (Fsp3) is 0.263. The molecule has 0 spiro atoms. The Morgan fingerprint density at radius 3 is 2.78 bits per heavy atom. The summed E-state index contributed by atoms with van der Waals surface area (Å²) in [5.74, 6) is -0.698. The van der Waals surface area contributed by atoms with E-state index in [0.29, 0.717) is 30.4 Å². The molecular weight excluding hydrogens is 354 g/mol. The van der Waals surface area contributed by atoms with Gasteiger partial charge in [0.25, 0.3) is 5.91 Å². The van der Waals surface area contributed by atoms with Crippen molar-refractivity contribution in [2.75, 3.05) is 13.1 Å². The number of hydrogen-bond donors (Lipinski definition) is 0. The van der Waals surface area contributed by atoms with Crippen molar-refractivity contribution in [3.05, 3.63) is 65.8 Å². The molecular formula is C19H16F2N4O2. The van der Waals surface area contributed by atoms with Gasteiger partial charge in [-0.15, -0.1) is 0 Å². The van der Waals surface area contributed by atoms with Crippen LogP contribution >= 0.6 is 0 Å². The van der Waals surface area contributed by atoms with Gasteiger partial charge in [-0.25, -0.2) is 8.78 Å². The van der Waals surface area contributed by atoms with E-state index in [1.54, 1.807) is 17.0 Å². The normalized spacial score (nSPS) is 17.1. The predicted octanol–water partition coefficient (Wildman–Crippen LogP) is 3.43. The van der Waals surface area contributed by atoms with Crippen LogP contribution in [-0.2, 0) is 0 Å². The first-order valence-corrected chi connectivity index (χ1v) is 8.60. The Kier molecular flexibility index (Phi) is 4.62. The zero-order chi connectivity index (χ0) is 18.8. The minimum Gasteiger partial charge on any atom is -0.339 e. The highest BCUT2D eigenvalue weighted by atomic mass is 19.1. The van der Waals surface area contributed by atoms with E-state index >= 15 is 0 Å². The summed E-state index contributed by atoms with van der Waals surface area (Å²) < 4.78 is 32.3. The van der Waals surface area contributed by atoms with Crippen molar-refractivity contribution in [3.8, 4) is 11.4 Å².